The average molecular weight is 659 g/mol. The average Bonchev–Trinajstić information content (AvgIpc) is 3.18. The zero-order chi connectivity index (χ0) is 33.4. The van der Waals surface area contributed by atoms with Gasteiger partial charge in [-0.15, -0.1) is 0 Å². The number of piperidine rings is 1. The van der Waals surface area contributed by atoms with Crippen LogP contribution in [0, 0.1) is 0 Å². The van der Waals surface area contributed by atoms with Crippen LogP contribution in [0.2, 0.25) is 5.02 Å². The molecule has 5 rings (SSSR count). The van der Waals surface area contributed by atoms with Crippen LogP contribution in [-0.2, 0) is 10.4 Å². The second-order valence-corrected chi connectivity index (χ2v) is 12.8. The van der Waals surface area contributed by atoms with Crippen molar-refractivity contribution in [3.05, 3.63) is 106 Å². The SMILES string of the molecule is CCN(CC)CCN(CCO)C(=O)CN1C(=O)c2ccccc2C(=CCCN2CCC(O)(c3ccc(Cl)cc3)CC2)c2ccccc21. The van der Waals surface area contributed by atoms with Gasteiger partial charge in [0, 0.05) is 55.4 Å². The first-order valence-corrected chi connectivity index (χ1v) is 17.2. The lowest BCUT2D eigenvalue weighted by Crippen LogP contribution is -2.46. The van der Waals surface area contributed by atoms with E-state index in [2.05, 4.69) is 29.7 Å². The van der Waals surface area contributed by atoms with Gasteiger partial charge in [0.25, 0.3) is 5.91 Å². The number of anilines is 1. The Morgan fingerprint density at radius 3 is 2.19 bits per heavy atom. The van der Waals surface area contributed by atoms with Gasteiger partial charge in [-0.3, -0.25) is 14.5 Å². The highest BCUT2D eigenvalue weighted by Gasteiger charge is 2.34. The highest BCUT2D eigenvalue weighted by atomic mass is 35.5. The first kappa shape index (κ1) is 34.8. The Morgan fingerprint density at radius 2 is 1.53 bits per heavy atom. The molecule has 1 fully saturated rings. The van der Waals surface area contributed by atoms with Crippen LogP contribution in [-0.4, -0.2) is 102 Å². The number of aliphatic hydroxyl groups is 2. The van der Waals surface area contributed by atoms with Crippen molar-refractivity contribution in [2.45, 2.75) is 38.7 Å². The normalized spacial score (nSPS) is 17.0. The molecule has 0 spiro atoms. The lowest BCUT2D eigenvalue weighted by molar-refractivity contribution is -0.130. The lowest BCUT2D eigenvalue weighted by Gasteiger charge is -2.38. The van der Waals surface area contributed by atoms with Crippen LogP contribution in [0.4, 0.5) is 5.69 Å². The summed E-state index contributed by atoms with van der Waals surface area (Å²) in [5.41, 5.74) is 4.06. The quantitative estimate of drug-likeness (QED) is 0.260. The molecule has 9 heteroatoms. The molecular weight excluding hydrogens is 612 g/mol. The number of amides is 2. The monoisotopic (exact) mass is 658 g/mol. The number of aliphatic hydroxyl groups excluding tert-OH is 1. The Bertz CT molecular complexity index is 1550. The fourth-order valence-electron chi connectivity index (χ4n) is 6.72. The molecule has 0 bridgehead atoms. The van der Waals surface area contributed by atoms with Crippen molar-refractivity contribution < 1.29 is 19.8 Å². The molecule has 2 aliphatic rings. The maximum Gasteiger partial charge on any atom is 0.259 e. The Balaban J connectivity index is 1.35. The molecule has 0 atom stereocenters. The summed E-state index contributed by atoms with van der Waals surface area (Å²) in [6.07, 6.45) is 4.27. The molecule has 2 amide bonds. The Kier molecular flexibility index (Phi) is 11.9. The summed E-state index contributed by atoms with van der Waals surface area (Å²) in [5.74, 6) is -0.405. The minimum Gasteiger partial charge on any atom is -0.395 e. The van der Waals surface area contributed by atoms with Crippen LogP contribution in [0.1, 0.15) is 60.2 Å². The molecule has 0 aromatic heterocycles. The number of benzene rings is 3. The minimum atomic E-state index is -0.849. The number of likely N-dealkylation sites (N-methyl/N-ethyl adjacent to an activating group) is 1. The molecule has 2 heterocycles. The first-order chi connectivity index (χ1) is 22.8. The van der Waals surface area contributed by atoms with E-state index < -0.39 is 5.60 Å². The molecule has 3 aromatic rings. The van der Waals surface area contributed by atoms with Gasteiger partial charge in [0.1, 0.15) is 6.54 Å². The Hall–Kier alpha value is -3.53. The summed E-state index contributed by atoms with van der Waals surface area (Å²) in [7, 11) is 0. The molecule has 0 aliphatic carbocycles. The molecule has 0 radical (unpaired) electrons. The molecule has 8 nitrogen and oxygen atoms in total. The van der Waals surface area contributed by atoms with Crippen LogP contribution >= 0.6 is 11.6 Å². The molecule has 0 unspecified atom stereocenters. The second-order valence-electron chi connectivity index (χ2n) is 12.4. The van der Waals surface area contributed by atoms with Crippen molar-refractivity contribution >= 4 is 34.7 Å². The van der Waals surface area contributed by atoms with E-state index in [0.29, 0.717) is 42.2 Å². The number of hydrogen-bond donors (Lipinski definition) is 2. The molecule has 2 N–H and O–H groups in total. The number of carbonyl (C=O) groups is 2. The molecule has 1 saturated heterocycles. The number of halogens is 1. The van der Waals surface area contributed by atoms with Crippen molar-refractivity contribution in [3.63, 3.8) is 0 Å². The summed E-state index contributed by atoms with van der Waals surface area (Å²) in [6.45, 7) is 9.49. The molecular formula is C38H47ClN4O4. The maximum atomic E-state index is 14.2. The number of rotatable bonds is 13. The fourth-order valence-corrected chi connectivity index (χ4v) is 6.85. The second kappa shape index (κ2) is 16.0. The molecule has 2 aliphatic heterocycles. The molecule has 47 heavy (non-hydrogen) atoms. The van der Waals surface area contributed by atoms with Gasteiger partial charge in [0.2, 0.25) is 5.91 Å². The summed E-state index contributed by atoms with van der Waals surface area (Å²) in [6, 6.07) is 22.9. The molecule has 0 saturated carbocycles. The van der Waals surface area contributed by atoms with Gasteiger partial charge in [0.15, 0.2) is 0 Å². The lowest BCUT2D eigenvalue weighted by atomic mass is 9.84. The number of fused-ring (bicyclic) bond motifs is 2. The van der Waals surface area contributed by atoms with E-state index in [9.17, 15) is 19.8 Å². The number of hydrogen-bond acceptors (Lipinski definition) is 6. The molecule has 250 valence electrons. The molecule has 3 aromatic carbocycles. The summed E-state index contributed by atoms with van der Waals surface area (Å²) in [5, 5.41) is 21.7. The Morgan fingerprint density at radius 1 is 0.894 bits per heavy atom. The summed E-state index contributed by atoms with van der Waals surface area (Å²) >= 11 is 6.06. The van der Waals surface area contributed by atoms with Crippen LogP contribution in [0.25, 0.3) is 5.57 Å². The standard InChI is InChI=1S/C38H47ClN4O4/c1-3-40(4-2)24-25-42(26-27-44)36(45)28-43-35-14-8-7-11-33(35)31(32-10-5-6-12-34(32)37(43)46)13-9-21-41-22-19-38(47,20-23-41)29-15-17-30(39)18-16-29/h5-8,10-18,44,47H,3-4,9,19-28H2,1-2H3. The van der Waals surface area contributed by atoms with Crippen molar-refractivity contribution in [2.24, 2.45) is 0 Å². The van der Waals surface area contributed by atoms with Crippen LogP contribution in [0.15, 0.2) is 78.9 Å². The van der Waals surface area contributed by atoms with Gasteiger partial charge in [-0.05, 0) is 73.3 Å². The van der Waals surface area contributed by atoms with Gasteiger partial charge in [-0.25, -0.2) is 0 Å². The number of likely N-dealkylation sites (tertiary alicyclic amines) is 1. The van der Waals surface area contributed by atoms with Gasteiger partial charge in [-0.1, -0.05) is 80.1 Å². The smallest absolute Gasteiger partial charge is 0.259 e. The van der Waals surface area contributed by atoms with E-state index >= 15 is 0 Å². The third-order valence-electron chi connectivity index (χ3n) is 9.63. The van der Waals surface area contributed by atoms with E-state index in [1.165, 1.54) is 0 Å². The predicted octanol–water partition coefficient (Wildman–Crippen LogP) is 5.27. The van der Waals surface area contributed by atoms with Crippen LogP contribution in [0.5, 0.6) is 0 Å². The van der Waals surface area contributed by atoms with Crippen LogP contribution in [0.3, 0.4) is 0 Å². The highest BCUT2D eigenvalue weighted by molar-refractivity contribution is 6.30. The summed E-state index contributed by atoms with van der Waals surface area (Å²) < 4.78 is 0. The topological polar surface area (TPSA) is 87.6 Å². The third kappa shape index (κ3) is 8.13. The maximum absolute atomic E-state index is 14.2. The van der Waals surface area contributed by atoms with Gasteiger partial charge in [-0.2, -0.15) is 0 Å². The van der Waals surface area contributed by atoms with E-state index in [1.807, 2.05) is 72.8 Å². The van der Waals surface area contributed by atoms with Crippen molar-refractivity contribution in [3.8, 4) is 0 Å². The van der Waals surface area contributed by atoms with Gasteiger partial charge < -0.3 is 24.9 Å². The predicted molar refractivity (Wildman–Crippen MR) is 189 cm³/mol. The largest absolute Gasteiger partial charge is 0.395 e. The minimum absolute atomic E-state index is 0.111. The van der Waals surface area contributed by atoms with E-state index in [0.717, 1.165) is 61.4 Å². The third-order valence-corrected chi connectivity index (χ3v) is 9.88. The Labute approximate surface area is 283 Å². The summed E-state index contributed by atoms with van der Waals surface area (Å²) in [4.78, 5) is 35.7. The van der Waals surface area contributed by atoms with Crippen molar-refractivity contribution in [1.29, 1.82) is 0 Å². The highest BCUT2D eigenvalue weighted by Crippen LogP contribution is 2.39. The van der Waals surface area contributed by atoms with E-state index in [4.69, 9.17) is 11.6 Å². The number of nitrogens with zero attached hydrogens (tertiary/aromatic N) is 4. The zero-order valence-corrected chi connectivity index (χ0v) is 28.3. The number of carbonyl (C=O) groups excluding carboxylic acids is 2. The fraction of sp³-hybridized carbons (Fsp3) is 0.421. The van der Waals surface area contributed by atoms with E-state index in [-0.39, 0.29) is 31.5 Å². The van der Waals surface area contributed by atoms with Gasteiger partial charge >= 0.3 is 0 Å². The van der Waals surface area contributed by atoms with Crippen molar-refractivity contribution in [1.82, 2.24) is 14.7 Å². The van der Waals surface area contributed by atoms with E-state index in [1.54, 1.807) is 9.80 Å². The van der Waals surface area contributed by atoms with Gasteiger partial charge in [0.05, 0.1) is 17.9 Å². The van der Waals surface area contributed by atoms with Crippen molar-refractivity contribution in [2.75, 3.05) is 70.4 Å². The zero-order valence-electron chi connectivity index (χ0n) is 27.6. The first-order valence-electron chi connectivity index (χ1n) is 16.8. The number of para-hydroxylation sites is 1. The van der Waals surface area contributed by atoms with Crippen LogP contribution < -0.4 is 4.90 Å².